The topological polar surface area (TPSA) is 55.7 Å². The van der Waals surface area contributed by atoms with Gasteiger partial charge in [-0.2, -0.15) is 13.2 Å². The minimum absolute atomic E-state index is 0.0101. The zero-order chi connectivity index (χ0) is 14.0. The second-order valence-electron chi connectivity index (χ2n) is 3.48. The number of rotatable bonds is 2. The standard InChI is InChI=1S/C11H5ClF3N3O/c12-9-2-1-7(8(5-19)18-9)6-3-16-10(17-4-6)11(13,14)15/h1-5H. The second-order valence-corrected chi connectivity index (χ2v) is 3.86. The summed E-state index contributed by atoms with van der Waals surface area (Å²) in [6, 6.07) is 2.88. The third kappa shape index (κ3) is 2.87. The first-order valence-corrected chi connectivity index (χ1v) is 5.31. The van der Waals surface area contributed by atoms with Gasteiger partial charge in [0.25, 0.3) is 0 Å². The fourth-order valence-corrected chi connectivity index (χ4v) is 1.55. The number of alkyl halides is 3. The van der Waals surface area contributed by atoms with Crippen LogP contribution in [0.5, 0.6) is 0 Å². The van der Waals surface area contributed by atoms with Gasteiger partial charge in [-0.25, -0.2) is 15.0 Å². The highest BCUT2D eigenvalue weighted by molar-refractivity contribution is 6.29. The number of hydrogen-bond donors (Lipinski definition) is 0. The van der Waals surface area contributed by atoms with Crippen molar-refractivity contribution in [1.29, 1.82) is 0 Å². The van der Waals surface area contributed by atoms with Gasteiger partial charge in [-0.1, -0.05) is 11.6 Å². The monoisotopic (exact) mass is 287 g/mol. The molecule has 19 heavy (non-hydrogen) atoms. The van der Waals surface area contributed by atoms with E-state index in [9.17, 15) is 18.0 Å². The van der Waals surface area contributed by atoms with Crippen LogP contribution in [-0.4, -0.2) is 21.2 Å². The molecule has 0 saturated heterocycles. The molecule has 98 valence electrons. The van der Waals surface area contributed by atoms with Crippen LogP contribution in [0.3, 0.4) is 0 Å². The van der Waals surface area contributed by atoms with Crippen molar-refractivity contribution in [3.63, 3.8) is 0 Å². The van der Waals surface area contributed by atoms with Crippen LogP contribution in [0.1, 0.15) is 16.3 Å². The van der Waals surface area contributed by atoms with Gasteiger partial charge in [-0.3, -0.25) is 4.79 Å². The Labute approximate surface area is 110 Å². The third-order valence-electron chi connectivity index (χ3n) is 2.22. The average molecular weight is 288 g/mol. The number of nitrogens with zero attached hydrogens (tertiary/aromatic N) is 3. The molecule has 0 atom stereocenters. The molecule has 0 aliphatic heterocycles. The summed E-state index contributed by atoms with van der Waals surface area (Å²) in [4.78, 5) is 21.0. The molecule has 2 aromatic rings. The van der Waals surface area contributed by atoms with Gasteiger partial charge in [-0.15, -0.1) is 0 Å². The molecule has 0 unspecified atom stereocenters. The van der Waals surface area contributed by atoms with E-state index in [0.717, 1.165) is 12.4 Å². The zero-order valence-electron chi connectivity index (χ0n) is 9.15. The molecule has 0 aliphatic rings. The fourth-order valence-electron chi connectivity index (χ4n) is 1.40. The van der Waals surface area contributed by atoms with Gasteiger partial charge >= 0.3 is 6.18 Å². The van der Waals surface area contributed by atoms with Crippen LogP contribution in [-0.2, 0) is 6.18 Å². The maximum atomic E-state index is 12.3. The Morgan fingerprint density at radius 2 is 1.79 bits per heavy atom. The molecule has 0 N–H and O–H groups in total. The lowest BCUT2D eigenvalue weighted by Crippen LogP contribution is -2.10. The molecule has 8 heteroatoms. The van der Waals surface area contributed by atoms with E-state index >= 15 is 0 Å². The zero-order valence-corrected chi connectivity index (χ0v) is 9.90. The van der Waals surface area contributed by atoms with Crippen LogP contribution in [0, 0.1) is 0 Å². The van der Waals surface area contributed by atoms with E-state index in [1.807, 2.05) is 0 Å². The van der Waals surface area contributed by atoms with Crippen molar-refractivity contribution in [3.8, 4) is 11.1 Å². The first-order chi connectivity index (χ1) is 8.91. The molecule has 0 radical (unpaired) electrons. The van der Waals surface area contributed by atoms with Crippen molar-refractivity contribution in [2.75, 3.05) is 0 Å². The number of carbonyl (C=O) groups excluding carboxylic acids is 1. The number of hydrogen-bond acceptors (Lipinski definition) is 4. The molecule has 0 aliphatic carbocycles. The maximum Gasteiger partial charge on any atom is 0.451 e. The van der Waals surface area contributed by atoms with Gasteiger partial charge in [0.2, 0.25) is 5.82 Å². The van der Waals surface area contributed by atoms with E-state index < -0.39 is 12.0 Å². The largest absolute Gasteiger partial charge is 0.451 e. The summed E-state index contributed by atoms with van der Waals surface area (Å²) in [5.41, 5.74) is 0.572. The molecule has 0 aromatic carbocycles. The van der Waals surface area contributed by atoms with E-state index in [4.69, 9.17) is 11.6 Å². The predicted molar refractivity (Wildman–Crippen MR) is 60.7 cm³/mol. The van der Waals surface area contributed by atoms with Crippen LogP contribution in [0.15, 0.2) is 24.5 Å². The Balaban J connectivity index is 2.46. The van der Waals surface area contributed by atoms with Crippen LogP contribution in [0.25, 0.3) is 11.1 Å². The summed E-state index contributed by atoms with van der Waals surface area (Å²) in [5.74, 6) is -1.24. The lowest BCUT2D eigenvalue weighted by molar-refractivity contribution is -0.144. The van der Waals surface area contributed by atoms with Crippen molar-refractivity contribution in [2.45, 2.75) is 6.18 Å². The quantitative estimate of drug-likeness (QED) is 0.629. The molecule has 0 saturated carbocycles. The Morgan fingerprint density at radius 1 is 1.16 bits per heavy atom. The highest BCUT2D eigenvalue weighted by atomic mass is 35.5. The van der Waals surface area contributed by atoms with E-state index in [1.165, 1.54) is 12.1 Å². The van der Waals surface area contributed by atoms with Crippen molar-refractivity contribution < 1.29 is 18.0 Å². The lowest BCUT2D eigenvalue weighted by atomic mass is 10.1. The van der Waals surface area contributed by atoms with Crippen molar-refractivity contribution >= 4 is 17.9 Å². The molecule has 2 aromatic heterocycles. The minimum atomic E-state index is -4.61. The Hall–Kier alpha value is -2.02. The summed E-state index contributed by atoms with van der Waals surface area (Å²) in [6.07, 6.45) is -2.19. The van der Waals surface area contributed by atoms with Crippen molar-refractivity contribution in [1.82, 2.24) is 15.0 Å². The van der Waals surface area contributed by atoms with E-state index in [-0.39, 0.29) is 16.4 Å². The second kappa shape index (κ2) is 4.93. The molecule has 0 amide bonds. The first kappa shape index (κ1) is 13.4. The smallest absolute Gasteiger partial charge is 0.296 e. The van der Waals surface area contributed by atoms with E-state index in [1.54, 1.807) is 0 Å². The number of halogens is 4. The van der Waals surface area contributed by atoms with Gasteiger partial charge in [0.15, 0.2) is 6.29 Å². The summed E-state index contributed by atoms with van der Waals surface area (Å²) in [7, 11) is 0. The van der Waals surface area contributed by atoms with Gasteiger partial charge < -0.3 is 0 Å². The highest BCUT2D eigenvalue weighted by Gasteiger charge is 2.34. The summed E-state index contributed by atoms with van der Waals surface area (Å²) < 4.78 is 36.9. The van der Waals surface area contributed by atoms with Gasteiger partial charge in [0.1, 0.15) is 10.8 Å². The number of carbonyl (C=O) groups is 1. The molecule has 4 nitrogen and oxygen atoms in total. The van der Waals surface area contributed by atoms with E-state index in [0.29, 0.717) is 11.8 Å². The molecule has 2 heterocycles. The van der Waals surface area contributed by atoms with Crippen LogP contribution in [0.2, 0.25) is 5.15 Å². The molecule has 0 spiro atoms. The van der Waals surface area contributed by atoms with Crippen molar-refractivity contribution in [3.05, 3.63) is 41.2 Å². The molecule has 0 fully saturated rings. The SMILES string of the molecule is O=Cc1nc(Cl)ccc1-c1cnc(C(F)(F)F)nc1. The summed E-state index contributed by atoms with van der Waals surface area (Å²) >= 11 is 5.62. The lowest BCUT2D eigenvalue weighted by Gasteiger charge is -2.07. The van der Waals surface area contributed by atoms with Gasteiger partial charge in [-0.05, 0) is 12.1 Å². The first-order valence-electron chi connectivity index (χ1n) is 4.93. The maximum absolute atomic E-state index is 12.3. The molecule has 0 bridgehead atoms. The van der Waals surface area contributed by atoms with Crippen LogP contribution in [0.4, 0.5) is 13.2 Å². The van der Waals surface area contributed by atoms with Crippen LogP contribution >= 0.6 is 11.6 Å². The highest BCUT2D eigenvalue weighted by Crippen LogP contribution is 2.27. The Bertz CT molecular complexity index is 614. The summed E-state index contributed by atoms with van der Waals surface area (Å²) in [6.45, 7) is 0. The molecule has 2 rings (SSSR count). The number of pyridine rings is 1. The molecular formula is C11H5ClF3N3O. The third-order valence-corrected chi connectivity index (χ3v) is 2.43. The Kier molecular flexibility index (Phi) is 3.48. The number of aromatic nitrogens is 3. The molecular weight excluding hydrogens is 283 g/mol. The fraction of sp³-hybridized carbons (Fsp3) is 0.0909. The number of aldehydes is 1. The van der Waals surface area contributed by atoms with Gasteiger partial charge in [0, 0.05) is 23.5 Å². The summed E-state index contributed by atoms with van der Waals surface area (Å²) in [5, 5.41) is 0.110. The van der Waals surface area contributed by atoms with Gasteiger partial charge in [0.05, 0.1) is 0 Å². The van der Waals surface area contributed by atoms with Crippen molar-refractivity contribution in [2.24, 2.45) is 0 Å². The predicted octanol–water partition coefficient (Wildman–Crippen LogP) is 3.02. The van der Waals surface area contributed by atoms with E-state index in [2.05, 4.69) is 15.0 Å². The average Bonchev–Trinajstić information content (AvgIpc) is 2.37. The van der Waals surface area contributed by atoms with Crippen LogP contribution < -0.4 is 0 Å². The minimum Gasteiger partial charge on any atom is -0.296 e. The Morgan fingerprint density at radius 3 is 2.32 bits per heavy atom. The normalized spacial score (nSPS) is 11.4.